The first-order chi connectivity index (χ1) is 13.1. The highest BCUT2D eigenvalue weighted by Gasteiger charge is 2.71. The number of benzene rings is 1. The Hall–Kier alpha value is -2.15. The molecule has 142 valence electrons. The normalized spacial score (nSPS) is 29.1. The van der Waals surface area contributed by atoms with Gasteiger partial charge in [0.1, 0.15) is 12.4 Å². The molecule has 0 radical (unpaired) electrons. The maximum Gasteiger partial charge on any atom is 0.245 e. The van der Waals surface area contributed by atoms with E-state index in [0.717, 1.165) is 11.4 Å². The van der Waals surface area contributed by atoms with Gasteiger partial charge in [0.05, 0.1) is 11.1 Å². The van der Waals surface area contributed by atoms with Crippen LogP contribution in [0, 0.1) is 11.3 Å². The summed E-state index contributed by atoms with van der Waals surface area (Å²) in [5.41, 5.74) is 0.816. The van der Waals surface area contributed by atoms with Crippen molar-refractivity contribution in [3.05, 3.63) is 59.2 Å². The average molecular weight is 388 g/mol. The molecule has 1 saturated carbocycles. The second kappa shape index (κ2) is 7.11. The summed E-state index contributed by atoms with van der Waals surface area (Å²) in [6.45, 7) is 1.04. The van der Waals surface area contributed by atoms with E-state index in [9.17, 15) is 9.90 Å². The smallest absolute Gasteiger partial charge is 0.245 e. The third-order valence-corrected chi connectivity index (χ3v) is 6.12. The molecule has 1 amide bonds. The van der Waals surface area contributed by atoms with E-state index in [2.05, 4.69) is 27.3 Å². The lowest BCUT2D eigenvalue weighted by molar-refractivity contribution is -0.123. The molecule has 2 fully saturated rings. The van der Waals surface area contributed by atoms with E-state index in [4.69, 9.17) is 16.7 Å². The van der Waals surface area contributed by atoms with Crippen molar-refractivity contribution in [1.29, 1.82) is 0 Å². The van der Waals surface area contributed by atoms with Crippen LogP contribution >= 0.6 is 11.6 Å². The maximum atomic E-state index is 11.5. The van der Waals surface area contributed by atoms with Crippen molar-refractivity contribution >= 4 is 23.3 Å². The van der Waals surface area contributed by atoms with Crippen LogP contribution in [0.5, 0.6) is 0 Å². The second-order valence-corrected chi connectivity index (χ2v) is 7.74. The highest BCUT2D eigenvalue weighted by Crippen LogP contribution is 2.68. The van der Waals surface area contributed by atoms with Crippen LogP contribution in [0.4, 0.5) is 5.82 Å². The van der Waals surface area contributed by atoms with E-state index in [1.165, 1.54) is 0 Å². The maximum absolute atomic E-state index is 11.5. The first-order valence-corrected chi connectivity index (χ1v) is 9.41. The summed E-state index contributed by atoms with van der Waals surface area (Å²) >= 11 is 5.94. The highest BCUT2D eigenvalue weighted by atomic mass is 35.5. The van der Waals surface area contributed by atoms with Gasteiger partial charge in [-0.15, -0.1) is 0 Å². The van der Waals surface area contributed by atoms with Gasteiger partial charge >= 0.3 is 0 Å². The van der Waals surface area contributed by atoms with Crippen LogP contribution in [-0.2, 0) is 4.79 Å². The summed E-state index contributed by atoms with van der Waals surface area (Å²) in [5.74, 6) is 0.632. The molecule has 7 heteroatoms. The van der Waals surface area contributed by atoms with Crippen LogP contribution < -0.4 is 10.2 Å². The fourth-order valence-corrected chi connectivity index (χ4v) is 4.72. The van der Waals surface area contributed by atoms with Crippen molar-refractivity contribution < 1.29 is 15.0 Å². The molecule has 1 aliphatic heterocycles. The number of aliphatic hydroxyl groups excluding tert-OH is 2. The number of β-amino-alcohol motifs (C(OH)–C–C–N with tert-alkyl or cyclic N) is 1. The Morgan fingerprint density at radius 3 is 2.74 bits per heavy atom. The van der Waals surface area contributed by atoms with Gasteiger partial charge in [0, 0.05) is 31.2 Å². The number of rotatable bonds is 5. The molecule has 27 heavy (non-hydrogen) atoms. The predicted molar refractivity (Wildman–Crippen MR) is 103 cm³/mol. The number of aromatic nitrogens is 1. The number of carbonyl (C=O) groups excluding carboxylic acids is 1. The molecule has 2 aromatic rings. The number of amides is 1. The first-order valence-electron chi connectivity index (χ1n) is 9.03. The minimum atomic E-state index is -0.531. The van der Waals surface area contributed by atoms with E-state index < -0.39 is 18.6 Å². The first kappa shape index (κ1) is 18.2. The highest BCUT2D eigenvalue weighted by molar-refractivity contribution is 6.30. The molecule has 1 spiro atoms. The predicted octanol–water partition coefficient (Wildman–Crippen LogP) is 1.42. The topological polar surface area (TPSA) is 85.7 Å². The number of halogens is 1. The van der Waals surface area contributed by atoms with Crippen molar-refractivity contribution in [1.82, 2.24) is 10.3 Å². The summed E-state index contributed by atoms with van der Waals surface area (Å²) < 4.78 is 0. The number of anilines is 1. The quantitative estimate of drug-likeness (QED) is 0.722. The molecule has 1 aromatic heterocycles. The third kappa shape index (κ3) is 3.18. The molecule has 0 bridgehead atoms. The Morgan fingerprint density at radius 1 is 1.30 bits per heavy atom. The molecule has 4 rings (SSSR count). The monoisotopic (exact) mass is 387 g/mol. The van der Waals surface area contributed by atoms with E-state index in [-0.39, 0.29) is 17.3 Å². The van der Waals surface area contributed by atoms with Crippen molar-refractivity contribution in [2.24, 2.45) is 11.3 Å². The van der Waals surface area contributed by atoms with Gasteiger partial charge < -0.3 is 20.4 Å². The van der Waals surface area contributed by atoms with Crippen LogP contribution in [0.1, 0.15) is 11.5 Å². The Balaban J connectivity index is 1.59. The summed E-state index contributed by atoms with van der Waals surface area (Å²) in [7, 11) is 0. The lowest BCUT2D eigenvalue weighted by Crippen LogP contribution is -2.31. The van der Waals surface area contributed by atoms with Gasteiger partial charge in [0.25, 0.3) is 0 Å². The van der Waals surface area contributed by atoms with Crippen molar-refractivity contribution in [3.63, 3.8) is 0 Å². The Labute approximate surface area is 162 Å². The van der Waals surface area contributed by atoms with E-state index in [0.29, 0.717) is 24.7 Å². The number of carbonyl (C=O) groups is 1. The van der Waals surface area contributed by atoms with Crippen LogP contribution in [0.2, 0.25) is 5.02 Å². The molecule has 0 unspecified atom stereocenters. The van der Waals surface area contributed by atoms with Gasteiger partial charge in [0.15, 0.2) is 0 Å². The van der Waals surface area contributed by atoms with Crippen LogP contribution in [-0.4, -0.2) is 53.4 Å². The number of pyridine rings is 1. The molecular weight excluding hydrogens is 366 g/mol. The molecule has 6 nitrogen and oxygen atoms in total. The lowest BCUT2D eigenvalue weighted by atomic mass is 9.95. The summed E-state index contributed by atoms with van der Waals surface area (Å²) in [6.07, 6.45) is 1.07. The lowest BCUT2D eigenvalue weighted by Gasteiger charge is -2.17. The zero-order chi connectivity index (χ0) is 19.0. The number of nitrogens with zero attached hydrogens (tertiary/aromatic N) is 2. The molecule has 1 aromatic carbocycles. The van der Waals surface area contributed by atoms with Crippen LogP contribution in [0.15, 0.2) is 48.7 Å². The molecule has 2 heterocycles. The number of hydrogen-bond donors (Lipinski definition) is 3. The Morgan fingerprint density at radius 2 is 2.07 bits per heavy atom. The SMILES string of the molecule is O=C(CO)NC[C@@H]1[C@@H](c2ccccc2)[C@]12CN(c1ccc(Cl)cn1)C[C@H]2O. The zero-order valence-corrected chi connectivity index (χ0v) is 15.5. The van der Waals surface area contributed by atoms with Crippen molar-refractivity contribution in [2.45, 2.75) is 12.0 Å². The van der Waals surface area contributed by atoms with E-state index in [1.54, 1.807) is 12.3 Å². The third-order valence-electron chi connectivity index (χ3n) is 5.90. The fraction of sp³-hybridized carbons (Fsp3) is 0.400. The van der Waals surface area contributed by atoms with Crippen LogP contribution in [0.25, 0.3) is 0 Å². The average Bonchev–Trinajstić information content (AvgIpc) is 3.21. The minimum Gasteiger partial charge on any atom is -0.391 e. The molecule has 3 N–H and O–H groups in total. The van der Waals surface area contributed by atoms with Gasteiger partial charge in [-0.3, -0.25) is 4.79 Å². The van der Waals surface area contributed by atoms with E-state index in [1.807, 2.05) is 24.3 Å². The number of aliphatic hydroxyl groups is 2. The molecule has 1 saturated heterocycles. The number of hydrogen-bond acceptors (Lipinski definition) is 5. The van der Waals surface area contributed by atoms with Gasteiger partial charge in [-0.25, -0.2) is 4.98 Å². The fourth-order valence-electron chi connectivity index (χ4n) is 4.61. The van der Waals surface area contributed by atoms with E-state index >= 15 is 0 Å². The zero-order valence-electron chi connectivity index (χ0n) is 14.8. The van der Waals surface area contributed by atoms with Gasteiger partial charge in [-0.2, -0.15) is 0 Å². The molecule has 4 atom stereocenters. The molecule has 1 aliphatic carbocycles. The standard InChI is InChI=1S/C20H22ClN3O3/c21-14-6-7-17(22-8-14)24-10-16(26)20(12-24)15(9-23-18(27)11-25)19(20)13-4-2-1-3-5-13/h1-8,15-16,19,25-26H,9-12H2,(H,23,27)/t15-,16-,19-,20-/m1/s1. The summed E-state index contributed by atoms with van der Waals surface area (Å²) in [5, 5.41) is 23.3. The van der Waals surface area contributed by atoms with Gasteiger partial charge in [-0.1, -0.05) is 41.9 Å². The van der Waals surface area contributed by atoms with Crippen LogP contribution in [0.3, 0.4) is 0 Å². The van der Waals surface area contributed by atoms with Crippen molar-refractivity contribution in [3.8, 4) is 0 Å². The van der Waals surface area contributed by atoms with Gasteiger partial charge in [0.2, 0.25) is 5.91 Å². The summed E-state index contributed by atoms with van der Waals surface area (Å²) in [4.78, 5) is 18.0. The van der Waals surface area contributed by atoms with Gasteiger partial charge in [-0.05, 0) is 29.5 Å². The Bertz CT molecular complexity index is 817. The molecular formula is C20H22ClN3O3. The van der Waals surface area contributed by atoms with Crippen molar-refractivity contribution in [2.75, 3.05) is 31.1 Å². The molecule has 2 aliphatic rings. The minimum absolute atomic E-state index is 0.0997. The largest absolute Gasteiger partial charge is 0.391 e. The Kier molecular flexibility index (Phi) is 4.80. The summed E-state index contributed by atoms with van der Waals surface area (Å²) in [6, 6.07) is 13.7. The second-order valence-electron chi connectivity index (χ2n) is 7.30. The number of nitrogens with one attached hydrogen (secondary N) is 1.